The summed E-state index contributed by atoms with van der Waals surface area (Å²) in [6.07, 6.45) is 1.01. The van der Waals surface area contributed by atoms with Crippen LogP contribution in [0.4, 0.5) is 0 Å². The van der Waals surface area contributed by atoms with E-state index in [4.69, 9.17) is 4.74 Å². The molecule has 7 nitrogen and oxygen atoms in total. The van der Waals surface area contributed by atoms with Gasteiger partial charge in [-0.25, -0.2) is 0 Å². The number of phenols is 1. The number of carbonyl (C=O) groups is 3. The van der Waals surface area contributed by atoms with Crippen molar-refractivity contribution >= 4 is 17.6 Å². The largest absolute Gasteiger partial charge is 0.508 e. The van der Waals surface area contributed by atoms with E-state index in [0.717, 1.165) is 11.1 Å². The number of Topliss-reactive ketones (excluding diaryl/α,β-unsaturated/α-hetero) is 1. The van der Waals surface area contributed by atoms with E-state index in [9.17, 15) is 19.5 Å². The number of nitrogens with one attached hydrogen (secondary N) is 1. The number of fused-ring (bicyclic) bond motifs is 1. The summed E-state index contributed by atoms with van der Waals surface area (Å²) in [6, 6.07) is 15.5. The maximum Gasteiger partial charge on any atom is 0.249 e. The predicted octanol–water partition coefficient (Wildman–Crippen LogP) is 1.55. The van der Waals surface area contributed by atoms with Gasteiger partial charge in [-0.2, -0.15) is 0 Å². The molecule has 2 aromatic carbocycles. The van der Waals surface area contributed by atoms with Crippen LogP contribution in [-0.2, 0) is 25.5 Å². The predicted molar refractivity (Wildman–Crippen MR) is 111 cm³/mol. The second-order valence-corrected chi connectivity index (χ2v) is 8.58. The lowest BCUT2D eigenvalue weighted by atomic mass is 10.0. The number of aromatic hydroxyl groups is 1. The summed E-state index contributed by atoms with van der Waals surface area (Å²) in [5.41, 5.74) is 0.654. The first-order valence-corrected chi connectivity index (χ1v) is 10.6. The summed E-state index contributed by atoms with van der Waals surface area (Å²) in [5.74, 6) is -0.602. The Labute approximate surface area is 180 Å². The molecule has 0 spiro atoms. The highest BCUT2D eigenvalue weighted by Gasteiger charge is 2.65. The third kappa shape index (κ3) is 3.49. The lowest BCUT2D eigenvalue weighted by Gasteiger charge is -2.28. The molecule has 2 N–H and O–H groups in total. The molecule has 31 heavy (non-hydrogen) atoms. The zero-order chi connectivity index (χ0) is 21.6. The molecular weight excluding hydrogens is 396 g/mol. The number of amides is 2. The fourth-order valence-electron chi connectivity index (χ4n) is 4.95. The summed E-state index contributed by atoms with van der Waals surface area (Å²) >= 11 is 0. The fraction of sp³-hybridized carbons (Fsp3) is 0.375. The first-order chi connectivity index (χ1) is 15.0. The Morgan fingerprint density at radius 2 is 1.87 bits per heavy atom. The van der Waals surface area contributed by atoms with E-state index in [1.54, 1.807) is 29.2 Å². The Morgan fingerprint density at radius 3 is 2.61 bits per heavy atom. The smallest absolute Gasteiger partial charge is 0.249 e. The molecular formula is C24H24N2O5. The molecule has 5 rings (SSSR count). The number of rotatable bonds is 5. The molecule has 3 aliphatic rings. The van der Waals surface area contributed by atoms with Crippen LogP contribution < -0.4 is 5.32 Å². The zero-order valence-electron chi connectivity index (χ0n) is 17.0. The van der Waals surface area contributed by atoms with Crippen molar-refractivity contribution in [3.05, 3.63) is 65.7 Å². The van der Waals surface area contributed by atoms with Crippen LogP contribution in [0.1, 0.15) is 29.9 Å². The number of phenolic OH excluding ortho intramolecular Hbond substituents is 1. The van der Waals surface area contributed by atoms with E-state index in [-0.39, 0.29) is 48.4 Å². The van der Waals surface area contributed by atoms with Gasteiger partial charge in [-0.3, -0.25) is 14.4 Å². The lowest BCUT2D eigenvalue weighted by molar-refractivity contribution is -0.141. The minimum atomic E-state index is -1.08. The zero-order valence-corrected chi connectivity index (χ0v) is 17.0. The summed E-state index contributed by atoms with van der Waals surface area (Å²) in [5, 5.41) is 12.6. The van der Waals surface area contributed by atoms with E-state index < -0.39 is 11.6 Å². The maximum absolute atomic E-state index is 13.7. The van der Waals surface area contributed by atoms with Crippen molar-refractivity contribution in [1.29, 1.82) is 0 Å². The van der Waals surface area contributed by atoms with Crippen molar-refractivity contribution in [2.24, 2.45) is 0 Å². The number of ketones is 1. The molecule has 0 radical (unpaired) electrons. The molecule has 0 aromatic heterocycles. The Hall–Kier alpha value is -3.19. The van der Waals surface area contributed by atoms with E-state index in [1.807, 2.05) is 30.3 Å². The van der Waals surface area contributed by atoms with Gasteiger partial charge in [0.25, 0.3) is 0 Å². The standard InChI is InChI=1S/C24H24N2O5/c27-17-8-6-16(7-9-17)18-13-24(18,25-21(29)12-15-4-2-1-3-5-15)23(30)26-11-10-20-22(26)19(28)14-31-20/h1-9,18,20,22,27H,10-14H2,(H,25,29)/t18?,20-,22-,24?/m1/s1. The third-order valence-corrected chi connectivity index (χ3v) is 6.58. The van der Waals surface area contributed by atoms with Gasteiger partial charge < -0.3 is 20.1 Å². The van der Waals surface area contributed by atoms with Gasteiger partial charge in [-0.15, -0.1) is 0 Å². The Morgan fingerprint density at radius 1 is 1.13 bits per heavy atom. The van der Waals surface area contributed by atoms with Crippen LogP contribution in [0.3, 0.4) is 0 Å². The first-order valence-electron chi connectivity index (χ1n) is 10.6. The Bertz CT molecular complexity index is 1020. The van der Waals surface area contributed by atoms with Crippen molar-refractivity contribution in [3.8, 4) is 5.75 Å². The quantitative estimate of drug-likeness (QED) is 0.765. The molecule has 2 aliphatic heterocycles. The summed E-state index contributed by atoms with van der Waals surface area (Å²) in [4.78, 5) is 40.5. The van der Waals surface area contributed by atoms with Crippen molar-refractivity contribution in [2.75, 3.05) is 13.2 Å². The molecule has 7 heteroatoms. The van der Waals surface area contributed by atoms with E-state index in [2.05, 4.69) is 5.32 Å². The molecule has 0 bridgehead atoms. The van der Waals surface area contributed by atoms with Crippen LogP contribution in [0.5, 0.6) is 5.75 Å². The Balaban J connectivity index is 1.41. The van der Waals surface area contributed by atoms with Gasteiger partial charge in [0.1, 0.15) is 23.9 Å². The number of carbonyl (C=O) groups excluding carboxylic acids is 3. The van der Waals surface area contributed by atoms with Crippen LogP contribution in [0.2, 0.25) is 0 Å². The van der Waals surface area contributed by atoms with Crippen LogP contribution in [0.25, 0.3) is 0 Å². The molecule has 2 aromatic rings. The van der Waals surface area contributed by atoms with Gasteiger partial charge in [0.05, 0.1) is 12.5 Å². The SMILES string of the molecule is O=C(Cc1ccccc1)NC1(C(=O)N2CC[C@H]3OCC(=O)[C@H]32)CC1c1ccc(O)cc1. The topological polar surface area (TPSA) is 95.9 Å². The highest BCUT2D eigenvalue weighted by Crippen LogP contribution is 2.53. The van der Waals surface area contributed by atoms with Crippen LogP contribution in [0.15, 0.2) is 54.6 Å². The number of hydrogen-bond acceptors (Lipinski definition) is 5. The average Bonchev–Trinajstić information content (AvgIpc) is 3.13. The minimum absolute atomic E-state index is 0.0356. The molecule has 1 saturated carbocycles. The summed E-state index contributed by atoms with van der Waals surface area (Å²) in [6.45, 7) is 0.479. The minimum Gasteiger partial charge on any atom is -0.508 e. The van der Waals surface area contributed by atoms with Gasteiger partial charge in [0.15, 0.2) is 5.78 Å². The average molecular weight is 420 g/mol. The third-order valence-electron chi connectivity index (χ3n) is 6.58. The van der Waals surface area contributed by atoms with E-state index >= 15 is 0 Å². The van der Waals surface area contributed by atoms with Crippen LogP contribution in [0, 0.1) is 0 Å². The number of benzene rings is 2. The molecule has 2 heterocycles. The van der Waals surface area contributed by atoms with Gasteiger partial charge in [0, 0.05) is 12.5 Å². The highest BCUT2D eigenvalue weighted by molar-refractivity contribution is 6.00. The molecule has 2 amide bonds. The molecule has 2 saturated heterocycles. The van der Waals surface area contributed by atoms with Crippen LogP contribution >= 0.6 is 0 Å². The van der Waals surface area contributed by atoms with Crippen LogP contribution in [-0.4, -0.2) is 58.4 Å². The van der Waals surface area contributed by atoms with Crippen molar-refractivity contribution in [2.45, 2.75) is 42.9 Å². The monoisotopic (exact) mass is 420 g/mol. The second kappa shape index (κ2) is 7.50. The van der Waals surface area contributed by atoms with Crippen molar-refractivity contribution in [3.63, 3.8) is 0 Å². The first kappa shape index (κ1) is 19.8. The number of ether oxygens (including phenoxy) is 1. The van der Waals surface area contributed by atoms with Crippen molar-refractivity contribution in [1.82, 2.24) is 10.2 Å². The summed E-state index contributed by atoms with van der Waals surface area (Å²) in [7, 11) is 0. The molecule has 2 unspecified atom stereocenters. The summed E-state index contributed by atoms with van der Waals surface area (Å²) < 4.78 is 5.53. The molecule has 3 fully saturated rings. The highest BCUT2D eigenvalue weighted by atomic mass is 16.5. The lowest BCUT2D eigenvalue weighted by Crippen LogP contribution is -2.55. The molecule has 160 valence electrons. The molecule has 4 atom stereocenters. The maximum atomic E-state index is 13.7. The van der Waals surface area contributed by atoms with E-state index in [1.165, 1.54) is 0 Å². The fourth-order valence-corrected chi connectivity index (χ4v) is 4.95. The van der Waals surface area contributed by atoms with Gasteiger partial charge in [-0.1, -0.05) is 42.5 Å². The van der Waals surface area contributed by atoms with E-state index in [0.29, 0.717) is 19.4 Å². The second-order valence-electron chi connectivity index (χ2n) is 8.58. The number of likely N-dealkylation sites (tertiary alicyclic amines) is 1. The van der Waals surface area contributed by atoms with Crippen molar-refractivity contribution < 1.29 is 24.2 Å². The van der Waals surface area contributed by atoms with Gasteiger partial charge in [0.2, 0.25) is 11.8 Å². The number of nitrogens with zero attached hydrogens (tertiary/aromatic N) is 1. The Kier molecular flexibility index (Phi) is 4.78. The van der Waals surface area contributed by atoms with Gasteiger partial charge in [-0.05, 0) is 36.1 Å². The normalized spacial score (nSPS) is 29.0. The number of hydrogen-bond donors (Lipinski definition) is 2. The molecule has 1 aliphatic carbocycles. The van der Waals surface area contributed by atoms with Gasteiger partial charge >= 0.3 is 0 Å².